The van der Waals surface area contributed by atoms with Gasteiger partial charge in [-0.1, -0.05) is 48.0 Å². The Labute approximate surface area is 230 Å². The molecule has 7 nitrogen and oxygen atoms in total. The van der Waals surface area contributed by atoms with E-state index in [1.54, 1.807) is 54.4 Å². The normalized spacial score (nSPS) is 18.1. The van der Waals surface area contributed by atoms with Gasteiger partial charge in [0.1, 0.15) is 11.5 Å². The van der Waals surface area contributed by atoms with E-state index in [0.29, 0.717) is 42.5 Å². The van der Waals surface area contributed by atoms with Crippen LogP contribution in [0.25, 0.3) is 0 Å². The Morgan fingerprint density at radius 2 is 1.76 bits per heavy atom. The first-order valence-corrected chi connectivity index (χ1v) is 14.3. The van der Waals surface area contributed by atoms with Crippen molar-refractivity contribution in [1.82, 2.24) is 9.21 Å². The first-order valence-electron chi connectivity index (χ1n) is 12.5. The van der Waals surface area contributed by atoms with Gasteiger partial charge in [-0.15, -0.1) is 0 Å². The van der Waals surface area contributed by atoms with Crippen LogP contribution in [0.1, 0.15) is 24.8 Å². The Hall–Kier alpha value is -3.07. The van der Waals surface area contributed by atoms with Gasteiger partial charge >= 0.3 is 0 Å². The fraction of sp³-hybridized carbons (Fsp3) is 0.345. The summed E-state index contributed by atoms with van der Waals surface area (Å²) in [6.07, 6.45) is 1.44. The molecule has 202 valence electrons. The molecule has 1 aliphatic heterocycles. The van der Waals surface area contributed by atoms with Gasteiger partial charge in [0.25, 0.3) is 0 Å². The molecule has 0 radical (unpaired) electrons. The number of hydrogen-bond acceptors (Lipinski definition) is 5. The molecule has 3 aromatic carbocycles. The lowest BCUT2D eigenvalue weighted by molar-refractivity contribution is -0.134. The van der Waals surface area contributed by atoms with Gasteiger partial charge in [-0.25, -0.2) is 8.42 Å². The van der Waals surface area contributed by atoms with Crippen LogP contribution in [0.5, 0.6) is 11.5 Å². The van der Waals surface area contributed by atoms with Gasteiger partial charge in [0.15, 0.2) is 0 Å². The molecule has 1 saturated heterocycles. The van der Waals surface area contributed by atoms with Crippen LogP contribution in [0.3, 0.4) is 0 Å². The summed E-state index contributed by atoms with van der Waals surface area (Å²) >= 11 is 6.02. The molecule has 38 heavy (non-hydrogen) atoms. The predicted molar refractivity (Wildman–Crippen MR) is 148 cm³/mol. The van der Waals surface area contributed by atoms with Crippen molar-refractivity contribution in [3.8, 4) is 11.5 Å². The highest BCUT2D eigenvalue weighted by atomic mass is 35.5. The number of nitrogens with zero attached hydrogens (tertiary/aromatic N) is 2. The zero-order valence-electron chi connectivity index (χ0n) is 21.7. The average molecular weight is 557 g/mol. The van der Waals surface area contributed by atoms with Gasteiger partial charge in [0, 0.05) is 49.6 Å². The van der Waals surface area contributed by atoms with Crippen LogP contribution in [-0.4, -0.2) is 57.4 Å². The van der Waals surface area contributed by atoms with Crippen molar-refractivity contribution in [3.05, 3.63) is 89.4 Å². The first kappa shape index (κ1) is 28.0. The molecule has 1 atom stereocenters. The number of sulfonamides is 1. The van der Waals surface area contributed by atoms with Gasteiger partial charge in [-0.05, 0) is 54.8 Å². The number of amides is 1. The third-order valence-electron chi connectivity index (χ3n) is 6.88. The number of rotatable bonds is 10. The van der Waals surface area contributed by atoms with Crippen LogP contribution in [0.4, 0.5) is 0 Å². The van der Waals surface area contributed by atoms with Gasteiger partial charge in [-0.3, -0.25) is 4.79 Å². The summed E-state index contributed by atoms with van der Waals surface area (Å²) in [5, 5.41) is 0.595. The van der Waals surface area contributed by atoms with Crippen molar-refractivity contribution in [2.24, 2.45) is 5.41 Å². The summed E-state index contributed by atoms with van der Waals surface area (Å²) in [6.45, 7) is 1.21. The van der Waals surface area contributed by atoms with Crippen molar-refractivity contribution in [2.45, 2.75) is 30.7 Å². The third kappa shape index (κ3) is 6.87. The van der Waals surface area contributed by atoms with Gasteiger partial charge in [0.2, 0.25) is 15.9 Å². The molecule has 0 N–H and O–H groups in total. The van der Waals surface area contributed by atoms with E-state index in [9.17, 15) is 13.2 Å². The monoisotopic (exact) mass is 556 g/mol. The molecule has 1 aliphatic rings. The molecule has 1 heterocycles. The minimum absolute atomic E-state index is 0.0609. The molecule has 0 saturated carbocycles. The van der Waals surface area contributed by atoms with Crippen molar-refractivity contribution in [2.75, 3.05) is 33.9 Å². The second-order valence-electron chi connectivity index (χ2n) is 9.78. The van der Waals surface area contributed by atoms with E-state index >= 15 is 0 Å². The van der Waals surface area contributed by atoms with Crippen LogP contribution in [0, 0.1) is 5.41 Å². The van der Waals surface area contributed by atoms with E-state index < -0.39 is 15.4 Å². The highest BCUT2D eigenvalue weighted by molar-refractivity contribution is 7.89. The van der Waals surface area contributed by atoms with Gasteiger partial charge in [0.05, 0.1) is 18.6 Å². The maximum Gasteiger partial charge on any atom is 0.243 e. The molecule has 0 aromatic heterocycles. The van der Waals surface area contributed by atoms with E-state index in [0.717, 1.165) is 5.56 Å². The Morgan fingerprint density at radius 3 is 2.47 bits per heavy atom. The second kappa shape index (κ2) is 12.2. The topological polar surface area (TPSA) is 76.1 Å². The zero-order chi connectivity index (χ0) is 27.2. The molecule has 9 heteroatoms. The van der Waals surface area contributed by atoms with Crippen LogP contribution in [0.2, 0.25) is 5.02 Å². The third-order valence-corrected chi connectivity index (χ3v) is 8.97. The molecule has 0 bridgehead atoms. The maximum atomic E-state index is 13.6. The zero-order valence-corrected chi connectivity index (χ0v) is 23.2. The Kier molecular flexibility index (Phi) is 8.97. The predicted octanol–water partition coefficient (Wildman–Crippen LogP) is 5.25. The minimum atomic E-state index is -3.80. The van der Waals surface area contributed by atoms with E-state index in [4.69, 9.17) is 21.1 Å². The second-order valence-corrected chi connectivity index (χ2v) is 12.2. The number of ether oxygens (including phenoxy) is 2. The molecule has 0 aliphatic carbocycles. The number of halogens is 1. The number of piperidine rings is 1. The summed E-state index contributed by atoms with van der Waals surface area (Å²) in [7, 11) is -0.526. The van der Waals surface area contributed by atoms with Crippen molar-refractivity contribution in [1.29, 1.82) is 0 Å². The molecular weight excluding hydrogens is 524 g/mol. The van der Waals surface area contributed by atoms with Crippen LogP contribution < -0.4 is 9.47 Å². The molecule has 4 rings (SSSR count). The summed E-state index contributed by atoms with van der Waals surface area (Å²) in [5.74, 6) is 1.03. The summed E-state index contributed by atoms with van der Waals surface area (Å²) in [5.41, 5.74) is 0.326. The highest BCUT2D eigenvalue weighted by Crippen LogP contribution is 2.38. The molecule has 3 aromatic rings. The summed E-state index contributed by atoms with van der Waals surface area (Å²) in [4.78, 5) is 15.3. The standard InChI is InChI=1S/C29H33ClN2O5S/c1-31(20-23-8-4-3-5-9-23)28(33)19-29(22-37-25-14-12-24(30)13-15-25)16-7-17-32(21-29)38(34,35)27-11-6-10-26(18-27)36-2/h3-6,8-15,18H,7,16-17,19-22H2,1-2H3/t29-/m0/s1. The molecule has 0 unspecified atom stereocenters. The number of carbonyl (C=O) groups is 1. The molecule has 1 fully saturated rings. The van der Waals surface area contributed by atoms with Crippen LogP contribution in [0.15, 0.2) is 83.8 Å². The SMILES string of the molecule is COc1cccc(S(=O)(=O)N2CCC[C@](COc3ccc(Cl)cc3)(CC(=O)N(C)Cc3ccccc3)C2)c1. The number of benzene rings is 3. The largest absolute Gasteiger partial charge is 0.497 e. The van der Waals surface area contributed by atoms with Gasteiger partial charge < -0.3 is 14.4 Å². The molecule has 1 amide bonds. The van der Waals surface area contributed by atoms with Crippen molar-refractivity contribution in [3.63, 3.8) is 0 Å². The maximum absolute atomic E-state index is 13.6. The van der Waals surface area contributed by atoms with Crippen molar-refractivity contribution >= 4 is 27.5 Å². The fourth-order valence-corrected chi connectivity index (χ4v) is 6.51. The lowest BCUT2D eigenvalue weighted by Crippen LogP contribution is -2.50. The first-order chi connectivity index (χ1) is 18.2. The van der Waals surface area contributed by atoms with E-state index in [1.165, 1.54) is 17.5 Å². The van der Waals surface area contributed by atoms with E-state index in [-0.39, 0.29) is 30.4 Å². The van der Waals surface area contributed by atoms with Crippen LogP contribution >= 0.6 is 11.6 Å². The van der Waals surface area contributed by atoms with Gasteiger partial charge in [-0.2, -0.15) is 4.31 Å². The Balaban J connectivity index is 1.57. The molecule has 0 spiro atoms. The Bertz CT molecular complexity index is 1330. The minimum Gasteiger partial charge on any atom is -0.497 e. The molecular formula is C29H33ClN2O5S. The fourth-order valence-electron chi connectivity index (χ4n) is 4.76. The van der Waals surface area contributed by atoms with Crippen LogP contribution in [-0.2, 0) is 21.4 Å². The Morgan fingerprint density at radius 1 is 1.03 bits per heavy atom. The number of methoxy groups -OCH3 is 1. The van der Waals surface area contributed by atoms with E-state index in [1.807, 2.05) is 30.3 Å². The number of hydrogen-bond donors (Lipinski definition) is 0. The average Bonchev–Trinajstić information content (AvgIpc) is 2.93. The van der Waals surface area contributed by atoms with E-state index in [2.05, 4.69) is 0 Å². The smallest absolute Gasteiger partial charge is 0.243 e. The lowest BCUT2D eigenvalue weighted by atomic mass is 9.78. The summed E-state index contributed by atoms with van der Waals surface area (Å²) < 4.78 is 40.1. The summed E-state index contributed by atoms with van der Waals surface area (Å²) in [6, 6.07) is 23.3. The quantitative estimate of drug-likeness (QED) is 0.341. The lowest BCUT2D eigenvalue weighted by Gasteiger charge is -2.42. The van der Waals surface area contributed by atoms with Crippen molar-refractivity contribution < 1.29 is 22.7 Å². The number of carbonyl (C=O) groups excluding carboxylic acids is 1. The highest BCUT2D eigenvalue weighted by Gasteiger charge is 2.43.